The number of ether oxygens (including phenoxy) is 1. The van der Waals surface area contributed by atoms with Gasteiger partial charge in [0.15, 0.2) is 0 Å². The van der Waals surface area contributed by atoms with Crippen molar-refractivity contribution in [2.75, 3.05) is 25.1 Å². The fourth-order valence-electron chi connectivity index (χ4n) is 5.16. The number of pyridine rings is 1. The topological polar surface area (TPSA) is 68.4 Å². The van der Waals surface area contributed by atoms with Crippen molar-refractivity contribution in [3.05, 3.63) is 29.6 Å². The van der Waals surface area contributed by atoms with Gasteiger partial charge >= 0.3 is 0 Å². The molecule has 1 aromatic rings. The third-order valence-corrected chi connectivity index (χ3v) is 6.36. The average Bonchev–Trinajstić information content (AvgIpc) is 2.68. The smallest absolute Gasteiger partial charge is 0.267 e. The number of aromatic nitrogens is 1. The van der Waals surface area contributed by atoms with E-state index in [1.807, 2.05) is 24.2 Å². The van der Waals surface area contributed by atoms with Crippen molar-refractivity contribution in [3.8, 4) is 0 Å². The van der Waals surface area contributed by atoms with Crippen molar-refractivity contribution in [2.45, 2.75) is 57.6 Å². The number of primary amides is 1. The lowest BCUT2D eigenvalue weighted by molar-refractivity contribution is -0.173. The van der Waals surface area contributed by atoms with E-state index in [0.717, 1.165) is 31.5 Å². The van der Waals surface area contributed by atoms with Gasteiger partial charge in [0.1, 0.15) is 11.3 Å². The third kappa shape index (κ3) is 4.48. The summed E-state index contributed by atoms with van der Waals surface area (Å²) in [4.78, 5) is 20.3. The molecule has 3 rings (SSSR count). The second-order valence-corrected chi connectivity index (χ2v) is 7.71. The predicted octanol–water partition coefficient (Wildman–Crippen LogP) is 3.99. The summed E-state index contributed by atoms with van der Waals surface area (Å²) in [5.41, 5.74) is 6.53. The highest BCUT2D eigenvalue weighted by Gasteiger charge is 2.53. The average molecular weight is 487 g/mol. The lowest BCUT2D eigenvalue weighted by Gasteiger charge is -2.56. The Bertz CT molecular complexity index is 611. The van der Waals surface area contributed by atoms with Gasteiger partial charge in [-0.25, -0.2) is 0 Å². The largest absolute Gasteiger partial charge is 0.373 e. The minimum atomic E-state index is -0.479. The maximum absolute atomic E-state index is 11.6. The summed E-state index contributed by atoms with van der Waals surface area (Å²) >= 11 is 2.15. The van der Waals surface area contributed by atoms with E-state index in [1.54, 1.807) is 6.20 Å². The molecule has 2 unspecified atom stereocenters. The summed E-state index contributed by atoms with van der Waals surface area (Å²) in [6.07, 6.45) is 7.72. The minimum Gasteiger partial charge on any atom is -0.373 e. The Morgan fingerprint density at radius 3 is 2.56 bits per heavy atom. The van der Waals surface area contributed by atoms with Crippen molar-refractivity contribution in [3.63, 3.8) is 0 Å². The number of nitrogens with two attached hydrogens (primary N) is 1. The maximum atomic E-state index is 11.6. The molecule has 2 fully saturated rings. The highest BCUT2D eigenvalue weighted by molar-refractivity contribution is 14.1. The van der Waals surface area contributed by atoms with Crippen LogP contribution >= 0.6 is 22.6 Å². The number of carbonyl (C=O) groups is 1. The Morgan fingerprint density at radius 1 is 1.41 bits per heavy atom. The van der Waals surface area contributed by atoms with Crippen LogP contribution in [0.25, 0.3) is 0 Å². The molecule has 152 valence electrons. The Balaban J connectivity index is 0.00000126. The standard InChI is InChI=1S/C20H31N3O2.CH3I/c1-4-6-14(2)23-12-16-7-5-8-17(13-23)20(16,25-3)15-9-10-22-18(11-15)19(21)24;1-2/h9-11,14,16-17H,4-8,12-13H2,1-3H3,(H2,21,24);1H3/t14-,16?,17?,20?;/m0./s1. The van der Waals surface area contributed by atoms with Gasteiger partial charge in [-0.15, -0.1) is 0 Å². The predicted molar refractivity (Wildman–Crippen MR) is 118 cm³/mol. The number of halogens is 1. The van der Waals surface area contributed by atoms with Crippen molar-refractivity contribution in [1.82, 2.24) is 9.88 Å². The summed E-state index contributed by atoms with van der Waals surface area (Å²) in [7, 11) is 1.82. The zero-order valence-electron chi connectivity index (χ0n) is 17.1. The maximum Gasteiger partial charge on any atom is 0.267 e. The molecule has 2 bridgehead atoms. The van der Waals surface area contributed by atoms with Crippen LogP contribution in [0.4, 0.5) is 0 Å². The molecule has 1 aliphatic heterocycles. The van der Waals surface area contributed by atoms with E-state index in [1.165, 1.54) is 19.3 Å². The highest BCUT2D eigenvalue weighted by atomic mass is 127. The van der Waals surface area contributed by atoms with Gasteiger partial charge in [-0.1, -0.05) is 42.4 Å². The van der Waals surface area contributed by atoms with Crippen LogP contribution in [-0.2, 0) is 10.3 Å². The highest BCUT2D eigenvalue weighted by Crippen LogP contribution is 2.51. The van der Waals surface area contributed by atoms with Gasteiger partial charge < -0.3 is 10.5 Å². The van der Waals surface area contributed by atoms with E-state index >= 15 is 0 Å². The quantitative estimate of drug-likeness (QED) is 0.487. The van der Waals surface area contributed by atoms with Gasteiger partial charge in [0.2, 0.25) is 0 Å². The van der Waals surface area contributed by atoms with E-state index in [9.17, 15) is 4.79 Å². The lowest BCUT2D eigenvalue weighted by atomic mass is 9.62. The number of rotatable bonds is 6. The summed E-state index contributed by atoms with van der Waals surface area (Å²) in [5.74, 6) is 0.395. The molecule has 0 aromatic carbocycles. The number of likely N-dealkylation sites (tertiary alicyclic amines) is 1. The molecular formula is C21H34IN3O2. The molecule has 1 aliphatic carbocycles. The number of methoxy groups -OCH3 is 1. The lowest BCUT2D eigenvalue weighted by Crippen LogP contribution is -2.60. The number of carbonyl (C=O) groups excluding carboxylic acids is 1. The molecule has 1 amide bonds. The third-order valence-electron chi connectivity index (χ3n) is 6.36. The molecule has 0 radical (unpaired) electrons. The molecule has 5 nitrogen and oxygen atoms in total. The minimum absolute atomic E-state index is 0.326. The van der Waals surface area contributed by atoms with Crippen LogP contribution in [0.5, 0.6) is 0 Å². The van der Waals surface area contributed by atoms with E-state index in [-0.39, 0.29) is 5.60 Å². The fourth-order valence-corrected chi connectivity index (χ4v) is 5.16. The van der Waals surface area contributed by atoms with Crippen molar-refractivity contribution >= 4 is 28.5 Å². The van der Waals surface area contributed by atoms with Crippen LogP contribution in [0.3, 0.4) is 0 Å². The summed E-state index contributed by atoms with van der Waals surface area (Å²) in [6.45, 7) is 6.71. The van der Waals surface area contributed by atoms with Crippen molar-refractivity contribution in [1.29, 1.82) is 0 Å². The molecule has 2 N–H and O–H groups in total. The van der Waals surface area contributed by atoms with Gasteiger partial charge in [-0.2, -0.15) is 0 Å². The molecule has 6 heteroatoms. The second kappa shape index (κ2) is 10.2. The molecule has 3 atom stereocenters. The monoisotopic (exact) mass is 487 g/mol. The number of fused-ring (bicyclic) bond motifs is 2. The van der Waals surface area contributed by atoms with Crippen LogP contribution in [-0.4, -0.2) is 47.0 Å². The van der Waals surface area contributed by atoms with E-state index < -0.39 is 5.91 Å². The first-order chi connectivity index (χ1) is 13.0. The number of alkyl halides is 1. The van der Waals surface area contributed by atoms with Crippen LogP contribution in [0.15, 0.2) is 18.3 Å². The van der Waals surface area contributed by atoms with E-state index in [0.29, 0.717) is 23.6 Å². The van der Waals surface area contributed by atoms with Crippen LogP contribution in [0, 0.1) is 11.8 Å². The SMILES string of the molecule is CCC[C@H](C)N1CC2CCCC(C1)C2(OC)c1ccnc(C(N)=O)c1.CI. The molecule has 1 saturated heterocycles. The van der Waals surface area contributed by atoms with Crippen LogP contribution in [0.2, 0.25) is 0 Å². The van der Waals surface area contributed by atoms with Crippen molar-refractivity contribution < 1.29 is 9.53 Å². The Hall–Kier alpha value is -0.730. The summed E-state index contributed by atoms with van der Waals surface area (Å²) in [6, 6.07) is 4.47. The molecule has 1 saturated carbocycles. The molecular weight excluding hydrogens is 453 g/mol. The van der Waals surface area contributed by atoms with Gasteiger partial charge in [0, 0.05) is 44.3 Å². The molecule has 27 heavy (non-hydrogen) atoms. The Morgan fingerprint density at radius 2 is 2.04 bits per heavy atom. The normalized spacial score (nSPS) is 28.8. The first kappa shape index (κ1) is 22.6. The molecule has 0 spiro atoms. The van der Waals surface area contributed by atoms with Crippen LogP contribution < -0.4 is 5.73 Å². The Labute approximate surface area is 177 Å². The number of amides is 1. The van der Waals surface area contributed by atoms with Crippen molar-refractivity contribution in [2.24, 2.45) is 17.6 Å². The number of hydrogen-bond donors (Lipinski definition) is 1. The first-order valence-electron chi connectivity index (χ1n) is 9.96. The number of hydrogen-bond acceptors (Lipinski definition) is 4. The van der Waals surface area contributed by atoms with Gasteiger partial charge in [-0.05, 0) is 48.8 Å². The number of nitrogens with zero attached hydrogens (tertiary/aromatic N) is 2. The summed E-state index contributed by atoms with van der Waals surface area (Å²) in [5, 5.41) is 0. The van der Waals surface area contributed by atoms with E-state index in [2.05, 4.69) is 46.3 Å². The molecule has 1 aromatic heterocycles. The van der Waals surface area contributed by atoms with Gasteiger partial charge in [-0.3, -0.25) is 14.7 Å². The van der Waals surface area contributed by atoms with Crippen LogP contribution in [0.1, 0.15) is 62.0 Å². The zero-order chi connectivity index (χ0) is 20.0. The van der Waals surface area contributed by atoms with Gasteiger partial charge in [0.25, 0.3) is 5.91 Å². The zero-order valence-corrected chi connectivity index (χ0v) is 19.2. The number of piperidine rings is 1. The second-order valence-electron chi connectivity index (χ2n) is 7.71. The molecule has 2 aliphatic rings. The summed E-state index contributed by atoms with van der Waals surface area (Å²) < 4.78 is 6.25. The Kier molecular flexibility index (Phi) is 8.49. The molecule has 2 heterocycles. The van der Waals surface area contributed by atoms with Gasteiger partial charge in [0.05, 0.1) is 0 Å². The van der Waals surface area contributed by atoms with E-state index in [4.69, 9.17) is 10.5 Å². The first-order valence-corrected chi connectivity index (χ1v) is 12.1. The fraction of sp³-hybridized carbons (Fsp3) is 0.714.